The predicted octanol–water partition coefficient (Wildman–Crippen LogP) is 1.46. The van der Waals surface area contributed by atoms with Crippen LogP contribution in [0.1, 0.15) is 32.6 Å². The van der Waals surface area contributed by atoms with Crippen LogP contribution in [0.2, 0.25) is 0 Å². The van der Waals surface area contributed by atoms with Gasteiger partial charge in [-0.15, -0.1) is 0 Å². The molecule has 0 bridgehead atoms. The Morgan fingerprint density at radius 2 is 2.17 bits per heavy atom. The molecule has 1 aliphatic rings. The second kappa shape index (κ2) is 4.83. The topological polar surface area (TPSA) is 29.3 Å². The first-order valence-corrected chi connectivity index (χ1v) is 5.16. The third-order valence-corrected chi connectivity index (χ3v) is 2.72. The van der Waals surface area contributed by atoms with Gasteiger partial charge in [-0.2, -0.15) is 0 Å². The first kappa shape index (κ1) is 10.0. The molecule has 1 rings (SSSR count). The van der Waals surface area contributed by atoms with Crippen LogP contribution in [0, 0.1) is 5.92 Å². The molecule has 2 N–H and O–H groups in total. The lowest BCUT2D eigenvalue weighted by atomic mass is 9.91. The number of hydrogen-bond donors (Lipinski definition) is 1. The van der Waals surface area contributed by atoms with E-state index in [2.05, 4.69) is 18.9 Å². The molecule has 1 saturated heterocycles. The molecule has 0 aliphatic carbocycles. The summed E-state index contributed by atoms with van der Waals surface area (Å²) in [5, 5.41) is 0. The van der Waals surface area contributed by atoms with E-state index in [0.717, 1.165) is 12.5 Å². The van der Waals surface area contributed by atoms with Gasteiger partial charge in [-0.3, -0.25) is 0 Å². The zero-order chi connectivity index (χ0) is 8.97. The highest BCUT2D eigenvalue weighted by molar-refractivity contribution is 4.79. The number of nitrogens with zero attached hydrogens (tertiary/aromatic N) is 1. The van der Waals surface area contributed by atoms with Crippen molar-refractivity contribution in [1.82, 2.24) is 4.90 Å². The average Bonchev–Trinajstić information content (AvgIpc) is 1.99. The smallest absolute Gasteiger partial charge is 0.0170 e. The van der Waals surface area contributed by atoms with Crippen molar-refractivity contribution in [1.29, 1.82) is 0 Å². The second-order valence-corrected chi connectivity index (χ2v) is 4.23. The number of likely N-dealkylation sites (N-methyl/N-ethyl adjacent to an activating group) is 1. The molecule has 2 nitrogen and oxygen atoms in total. The molecule has 0 aromatic rings. The van der Waals surface area contributed by atoms with Gasteiger partial charge < -0.3 is 10.6 Å². The standard InChI is InChI=1S/C10H22N2/c1-3-4-5-9-6-10(11)8-12(2)7-9/h9-10H,3-8,11H2,1-2H3. The maximum absolute atomic E-state index is 5.95. The summed E-state index contributed by atoms with van der Waals surface area (Å²) in [5.74, 6) is 0.860. The molecule has 0 spiro atoms. The highest BCUT2D eigenvalue weighted by atomic mass is 15.1. The molecule has 12 heavy (non-hydrogen) atoms. The lowest BCUT2D eigenvalue weighted by Crippen LogP contribution is -2.44. The van der Waals surface area contributed by atoms with Crippen molar-refractivity contribution >= 4 is 0 Å². The molecule has 1 aliphatic heterocycles. The second-order valence-electron chi connectivity index (χ2n) is 4.23. The van der Waals surface area contributed by atoms with Gasteiger partial charge in [0, 0.05) is 19.1 Å². The van der Waals surface area contributed by atoms with E-state index < -0.39 is 0 Å². The molecule has 0 aromatic heterocycles. The fourth-order valence-electron chi connectivity index (χ4n) is 2.19. The monoisotopic (exact) mass is 170 g/mol. The number of hydrogen-bond acceptors (Lipinski definition) is 2. The van der Waals surface area contributed by atoms with Crippen molar-refractivity contribution in [3.8, 4) is 0 Å². The Morgan fingerprint density at radius 1 is 1.42 bits per heavy atom. The maximum Gasteiger partial charge on any atom is 0.0170 e. The van der Waals surface area contributed by atoms with Crippen LogP contribution in [0.5, 0.6) is 0 Å². The number of nitrogens with two attached hydrogens (primary N) is 1. The number of rotatable bonds is 3. The van der Waals surface area contributed by atoms with Crippen molar-refractivity contribution in [3.05, 3.63) is 0 Å². The molecule has 0 aromatic carbocycles. The SMILES string of the molecule is CCCCC1CC(N)CN(C)C1. The van der Waals surface area contributed by atoms with Crippen molar-refractivity contribution in [2.45, 2.75) is 38.6 Å². The van der Waals surface area contributed by atoms with E-state index in [9.17, 15) is 0 Å². The van der Waals surface area contributed by atoms with Gasteiger partial charge in [0.2, 0.25) is 0 Å². The summed E-state index contributed by atoms with van der Waals surface area (Å²) in [7, 11) is 2.18. The molecular weight excluding hydrogens is 148 g/mol. The minimum atomic E-state index is 0.422. The predicted molar refractivity (Wildman–Crippen MR) is 53.1 cm³/mol. The van der Waals surface area contributed by atoms with Crippen LogP contribution in [-0.2, 0) is 0 Å². The molecule has 2 unspecified atom stereocenters. The molecule has 2 heteroatoms. The van der Waals surface area contributed by atoms with E-state index in [0.29, 0.717) is 6.04 Å². The first-order chi connectivity index (χ1) is 5.72. The molecule has 0 amide bonds. The third-order valence-electron chi connectivity index (χ3n) is 2.72. The summed E-state index contributed by atoms with van der Waals surface area (Å²) in [6.07, 6.45) is 5.29. The van der Waals surface area contributed by atoms with Crippen molar-refractivity contribution in [2.24, 2.45) is 11.7 Å². The van der Waals surface area contributed by atoms with Gasteiger partial charge in [-0.05, 0) is 25.8 Å². The Bertz CT molecular complexity index is 115. The largest absolute Gasteiger partial charge is 0.327 e. The molecule has 1 heterocycles. The number of likely N-dealkylation sites (tertiary alicyclic amines) is 1. The summed E-state index contributed by atoms with van der Waals surface area (Å²) >= 11 is 0. The molecule has 2 atom stereocenters. The molecule has 0 radical (unpaired) electrons. The van der Waals surface area contributed by atoms with Crippen LogP contribution in [0.15, 0.2) is 0 Å². The van der Waals surface area contributed by atoms with Crippen molar-refractivity contribution in [2.75, 3.05) is 20.1 Å². The van der Waals surface area contributed by atoms with Crippen LogP contribution >= 0.6 is 0 Å². The van der Waals surface area contributed by atoms with E-state index in [1.165, 1.54) is 32.2 Å². The summed E-state index contributed by atoms with van der Waals surface area (Å²) in [6.45, 7) is 4.60. The summed E-state index contributed by atoms with van der Waals surface area (Å²) in [5.41, 5.74) is 5.95. The normalized spacial score (nSPS) is 32.2. The average molecular weight is 170 g/mol. The minimum Gasteiger partial charge on any atom is -0.327 e. The van der Waals surface area contributed by atoms with Crippen LogP contribution in [0.4, 0.5) is 0 Å². The van der Waals surface area contributed by atoms with E-state index in [1.54, 1.807) is 0 Å². The van der Waals surface area contributed by atoms with Gasteiger partial charge in [0.1, 0.15) is 0 Å². The van der Waals surface area contributed by atoms with Crippen molar-refractivity contribution in [3.63, 3.8) is 0 Å². The quantitative estimate of drug-likeness (QED) is 0.694. The zero-order valence-electron chi connectivity index (χ0n) is 8.42. The van der Waals surface area contributed by atoms with Gasteiger partial charge in [0.15, 0.2) is 0 Å². The fourth-order valence-corrected chi connectivity index (χ4v) is 2.19. The van der Waals surface area contributed by atoms with Crippen LogP contribution < -0.4 is 5.73 Å². The lowest BCUT2D eigenvalue weighted by Gasteiger charge is -2.33. The van der Waals surface area contributed by atoms with Gasteiger partial charge >= 0.3 is 0 Å². The van der Waals surface area contributed by atoms with Gasteiger partial charge in [-0.1, -0.05) is 19.8 Å². The van der Waals surface area contributed by atoms with Gasteiger partial charge in [0.25, 0.3) is 0 Å². The molecule has 72 valence electrons. The fraction of sp³-hybridized carbons (Fsp3) is 1.00. The lowest BCUT2D eigenvalue weighted by molar-refractivity contribution is 0.179. The summed E-state index contributed by atoms with van der Waals surface area (Å²) in [6, 6.07) is 0.422. The minimum absolute atomic E-state index is 0.422. The highest BCUT2D eigenvalue weighted by Crippen LogP contribution is 2.19. The Balaban J connectivity index is 2.24. The summed E-state index contributed by atoms with van der Waals surface area (Å²) in [4.78, 5) is 2.37. The highest BCUT2D eigenvalue weighted by Gasteiger charge is 2.21. The Labute approximate surface area is 76.1 Å². The Morgan fingerprint density at radius 3 is 2.75 bits per heavy atom. The van der Waals surface area contributed by atoms with Crippen LogP contribution in [-0.4, -0.2) is 31.1 Å². The zero-order valence-corrected chi connectivity index (χ0v) is 8.42. The van der Waals surface area contributed by atoms with Crippen LogP contribution in [0.3, 0.4) is 0 Å². The maximum atomic E-state index is 5.95. The van der Waals surface area contributed by atoms with E-state index >= 15 is 0 Å². The van der Waals surface area contributed by atoms with E-state index in [1.807, 2.05) is 0 Å². The number of unbranched alkanes of at least 4 members (excludes halogenated alkanes) is 1. The van der Waals surface area contributed by atoms with Crippen LogP contribution in [0.25, 0.3) is 0 Å². The first-order valence-electron chi connectivity index (χ1n) is 5.16. The van der Waals surface area contributed by atoms with Crippen molar-refractivity contribution < 1.29 is 0 Å². The third kappa shape index (κ3) is 3.11. The van der Waals surface area contributed by atoms with Gasteiger partial charge in [0.05, 0.1) is 0 Å². The molecular formula is C10H22N2. The van der Waals surface area contributed by atoms with E-state index in [4.69, 9.17) is 5.73 Å². The summed E-state index contributed by atoms with van der Waals surface area (Å²) < 4.78 is 0. The molecule has 0 saturated carbocycles. The van der Waals surface area contributed by atoms with E-state index in [-0.39, 0.29) is 0 Å². The number of piperidine rings is 1. The Kier molecular flexibility index (Phi) is 4.02. The molecule has 1 fully saturated rings. The van der Waals surface area contributed by atoms with Gasteiger partial charge in [-0.25, -0.2) is 0 Å². The Hall–Kier alpha value is -0.0800.